The van der Waals surface area contributed by atoms with Gasteiger partial charge in [-0.05, 0) is 29.8 Å². The van der Waals surface area contributed by atoms with Gasteiger partial charge in [-0.15, -0.1) is 0 Å². The van der Waals surface area contributed by atoms with E-state index < -0.39 is 29.1 Å². The van der Waals surface area contributed by atoms with E-state index in [9.17, 15) is 19.7 Å². The van der Waals surface area contributed by atoms with Gasteiger partial charge in [0.05, 0.1) is 19.1 Å². The molecular formula is C18H17ClN2O7. The molecule has 9 nitrogen and oxygen atoms in total. The summed E-state index contributed by atoms with van der Waals surface area (Å²) in [5.74, 6) is -0.504. The van der Waals surface area contributed by atoms with Crippen LogP contribution in [-0.4, -0.2) is 37.6 Å². The number of nitro benzene ring substituents is 1. The molecule has 0 unspecified atom stereocenters. The summed E-state index contributed by atoms with van der Waals surface area (Å²) in [6.07, 6.45) is 0. The lowest BCUT2D eigenvalue weighted by atomic mass is 10.2. The maximum absolute atomic E-state index is 12.0. The van der Waals surface area contributed by atoms with Gasteiger partial charge in [0.1, 0.15) is 5.56 Å². The third-order valence-corrected chi connectivity index (χ3v) is 3.88. The smallest absolute Gasteiger partial charge is 0.345 e. The van der Waals surface area contributed by atoms with Crippen molar-refractivity contribution in [3.8, 4) is 11.5 Å². The van der Waals surface area contributed by atoms with Gasteiger partial charge in [0.2, 0.25) is 0 Å². The fourth-order valence-corrected chi connectivity index (χ4v) is 2.45. The highest BCUT2D eigenvalue weighted by Crippen LogP contribution is 2.27. The SMILES string of the molecule is COc1ccc(CNC(=O)COC(=O)c2ccc(Cl)cc2[N+](=O)[O-])cc1OC. The summed E-state index contributed by atoms with van der Waals surface area (Å²) in [6, 6.07) is 8.66. The largest absolute Gasteiger partial charge is 0.493 e. The molecule has 0 atom stereocenters. The molecule has 2 aromatic carbocycles. The van der Waals surface area contributed by atoms with Gasteiger partial charge < -0.3 is 19.5 Å². The molecule has 0 aliphatic heterocycles. The van der Waals surface area contributed by atoms with Crippen molar-refractivity contribution in [3.63, 3.8) is 0 Å². The Hall–Kier alpha value is -3.33. The summed E-state index contributed by atoms with van der Waals surface area (Å²) < 4.78 is 15.2. The summed E-state index contributed by atoms with van der Waals surface area (Å²) >= 11 is 5.70. The van der Waals surface area contributed by atoms with Crippen LogP contribution in [0.25, 0.3) is 0 Å². The monoisotopic (exact) mass is 408 g/mol. The van der Waals surface area contributed by atoms with Gasteiger partial charge >= 0.3 is 5.97 Å². The van der Waals surface area contributed by atoms with Gasteiger partial charge in [0, 0.05) is 17.6 Å². The summed E-state index contributed by atoms with van der Waals surface area (Å²) in [7, 11) is 3.01. The fraction of sp³-hybridized carbons (Fsp3) is 0.222. The number of benzene rings is 2. The molecule has 2 rings (SSSR count). The number of esters is 1. The Morgan fingerprint density at radius 3 is 2.46 bits per heavy atom. The normalized spacial score (nSPS) is 10.1. The van der Waals surface area contributed by atoms with Crippen LogP contribution < -0.4 is 14.8 Å². The van der Waals surface area contributed by atoms with Crippen molar-refractivity contribution < 1.29 is 28.7 Å². The number of hydrogen-bond donors (Lipinski definition) is 1. The first kappa shape index (κ1) is 21.0. The molecule has 0 spiro atoms. The Labute approximate surface area is 165 Å². The van der Waals surface area contributed by atoms with Crippen molar-refractivity contribution in [1.82, 2.24) is 5.32 Å². The number of hydrogen-bond acceptors (Lipinski definition) is 7. The number of nitrogens with zero attached hydrogens (tertiary/aromatic N) is 1. The van der Waals surface area contributed by atoms with Crippen LogP contribution in [0, 0.1) is 10.1 Å². The number of nitro groups is 1. The summed E-state index contributed by atoms with van der Waals surface area (Å²) in [4.78, 5) is 34.2. The lowest BCUT2D eigenvalue weighted by Gasteiger charge is -2.10. The Balaban J connectivity index is 1.93. The molecule has 0 radical (unpaired) electrons. The van der Waals surface area contributed by atoms with Crippen LogP contribution in [0.1, 0.15) is 15.9 Å². The number of halogens is 1. The van der Waals surface area contributed by atoms with Crippen molar-refractivity contribution in [2.75, 3.05) is 20.8 Å². The van der Waals surface area contributed by atoms with Crippen molar-refractivity contribution in [1.29, 1.82) is 0 Å². The van der Waals surface area contributed by atoms with E-state index in [1.54, 1.807) is 18.2 Å². The molecule has 0 heterocycles. The van der Waals surface area contributed by atoms with Crippen LogP contribution in [0.2, 0.25) is 5.02 Å². The van der Waals surface area contributed by atoms with E-state index in [0.717, 1.165) is 11.6 Å². The lowest BCUT2D eigenvalue weighted by molar-refractivity contribution is -0.385. The summed E-state index contributed by atoms with van der Waals surface area (Å²) in [5.41, 5.74) is -0.0454. The molecule has 0 aromatic heterocycles. The zero-order valence-corrected chi connectivity index (χ0v) is 15.8. The minimum absolute atomic E-state index is 0.107. The molecule has 2 aromatic rings. The molecule has 28 heavy (non-hydrogen) atoms. The van der Waals surface area contributed by atoms with E-state index in [4.69, 9.17) is 25.8 Å². The zero-order chi connectivity index (χ0) is 20.7. The van der Waals surface area contributed by atoms with Crippen LogP contribution in [0.15, 0.2) is 36.4 Å². The topological polar surface area (TPSA) is 117 Å². The minimum Gasteiger partial charge on any atom is -0.493 e. The average Bonchev–Trinajstić information content (AvgIpc) is 2.69. The second-order valence-electron chi connectivity index (χ2n) is 5.46. The second-order valence-corrected chi connectivity index (χ2v) is 5.90. The molecule has 1 amide bonds. The van der Waals surface area contributed by atoms with E-state index >= 15 is 0 Å². The molecular weight excluding hydrogens is 392 g/mol. The number of amides is 1. The number of nitrogens with one attached hydrogen (secondary N) is 1. The predicted octanol–water partition coefficient (Wildman–Crippen LogP) is 2.74. The molecule has 148 valence electrons. The number of methoxy groups -OCH3 is 2. The van der Waals surface area contributed by atoms with E-state index in [2.05, 4.69) is 5.32 Å². The van der Waals surface area contributed by atoms with Gasteiger partial charge in [-0.25, -0.2) is 4.79 Å². The van der Waals surface area contributed by atoms with Gasteiger partial charge in [0.25, 0.3) is 11.6 Å². The highest BCUT2D eigenvalue weighted by Gasteiger charge is 2.22. The molecule has 10 heteroatoms. The number of ether oxygens (including phenoxy) is 3. The first-order chi connectivity index (χ1) is 13.3. The van der Waals surface area contributed by atoms with Crippen LogP contribution in [0.4, 0.5) is 5.69 Å². The van der Waals surface area contributed by atoms with Gasteiger partial charge in [-0.1, -0.05) is 17.7 Å². The molecule has 1 N–H and O–H groups in total. The fourth-order valence-electron chi connectivity index (χ4n) is 2.28. The Kier molecular flexibility index (Phi) is 7.16. The Morgan fingerprint density at radius 2 is 1.82 bits per heavy atom. The Bertz CT molecular complexity index is 901. The molecule has 0 aliphatic carbocycles. The Morgan fingerprint density at radius 1 is 1.11 bits per heavy atom. The highest BCUT2D eigenvalue weighted by molar-refractivity contribution is 6.31. The van der Waals surface area contributed by atoms with E-state index in [-0.39, 0.29) is 17.1 Å². The van der Waals surface area contributed by atoms with Crippen molar-refractivity contribution in [3.05, 3.63) is 62.7 Å². The molecule has 0 aliphatic rings. The number of rotatable bonds is 8. The highest BCUT2D eigenvalue weighted by atomic mass is 35.5. The first-order valence-electron chi connectivity index (χ1n) is 7.94. The molecule has 0 fully saturated rings. The number of carbonyl (C=O) groups excluding carboxylic acids is 2. The van der Waals surface area contributed by atoms with E-state index in [0.29, 0.717) is 11.5 Å². The quantitative estimate of drug-likeness (QED) is 0.405. The third kappa shape index (κ3) is 5.34. The maximum Gasteiger partial charge on any atom is 0.345 e. The molecule has 0 saturated heterocycles. The third-order valence-electron chi connectivity index (χ3n) is 3.65. The summed E-state index contributed by atoms with van der Waals surface area (Å²) in [5, 5.41) is 13.7. The zero-order valence-electron chi connectivity index (χ0n) is 15.1. The summed E-state index contributed by atoms with van der Waals surface area (Å²) in [6.45, 7) is -0.427. The van der Waals surface area contributed by atoms with E-state index in [1.807, 2.05) is 0 Å². The van der Waals surface area contributed by atoms with Gasteiger partial charge in [0.15, 0.2) is 18.1 Å². The average molecular weight is 409 g/mol. The van der Waals surface area contributed by atoms with Gasteiger partial charge in [-0.3, -0.25) is 14.9 Å². The molecule has 0 bridgehead atoms. The van der Waals surface area contributed by atoms with Gasteiger partial charge in [-0.2, -0.15) is 0 Å². The first-order valence-corrected chi connectivity index (χ1v) is 8.32. The number of carbonyl (C=O) groups is 2. The maximum atomic E-state index is 12.0. The van der Waals surface area contributed by atoms with Crippen LogP contribution in [-0.2, 0) is 16.1 Å². The van der Waals surface area contributed by atoms with Crippen LogP contribution >= 0.6 is 11.6 Å². The minimum atomic E-state index is -0.996. The van der Waals surface area contributed by atoms with Crippen LogP contribution in [0.5, 0.6) is 11.5 Å². The van der Waals surface area contributed by atoms with Crippen LogP contribution in [0.3, 0.4) is 0 Å². The predicted molar refractivity (Wildman–Crippen MR) is 99.8 cm³/mol. The van der Waals surface area contributed by atoms with E-state index in [1.165, 1.54) is 26.4 Å². The molecule has 0 saturated carbocycles. The van der Waals surface area contributed by atoms with Crippen molar-refractivity contribution >= 4 is 29.2 Å². The lowest BCUT2D eigenvalue weighted by Crippen LogP contribution is -2.28. The van der Waals surface area contributed by atoms with Crippen molar-refractivity contribution in [2.24, 2.45) is 0 Å². The second kappa shape index (κ2) is 9.56. The van der Waals surface area contributed by atoms with Crippen molar-refractivity contribution in [2.45, 2.75) is 6.54 Å². The standard InChI is InChI=1S/C18H17ClN2O7/c1-26-15-6-3-11(7-16(15)27-2)9-20-17(22)10-28-18(23)13-5-4-12(19)8-14(13)21(24)25/h3-8H,9-10H2,1-2H3,(H,20,22).